The van der Waals surface area contributed by atoms with Gasteiger partial charge in [-0.25, -0.2) is 4.39 Å². The first kappa shape index (κ1) is 17.7. The first-order valence-electron chi connectivity index (χ1n) is 6.90. The molecule has 0 aliphatic carbocycles. The van der Waals surface area contributed by atoms with Gasteiger partial charge in [-0.1, -0.05) is 12.1 Å². The largest absolute Gasteiger partial charge is 0.416 e. The summed E-state index contributed by atoms with van der Waals surface area (Å²) in [6, 6.07) is 6.58. The van der Waals surface area contributed by atoms with Crippen LogP contribution in [0.1, 0.15) is 38.8 Å². The Labute approximate surface area is 135 Å². The van der Waals surface area contributed by atoms with Crippen molar-refractivity contribution in [3.63, 3.8) is 0 Å². The molecule has 24 heavy (non-hydrogen) atoms. The molecule has 3 nitrogen and oxygen atoms in total. The third kappa shape index (κ3) is 3.61. The molecule has 0 atom stereocenters. The molecule has 126 valence electrons. The molecule has 0 aromatic heterocycles. The number of benzene rings is 2. The summed E-state index contributed by atoms with van der Waals surface area (Å²) in [4.78, 5) is 23.5. The first-order chi connectivity index (χ1) is 11.1. The molecule has 0 bridgehead atoms. The molecule has 0 unspecified atom stereocenters. The maximum atomic E-state index is 14.2. The Morgan fingerprint density at radius 2 is 1.67 bits per heavy atom. The van der Waals surface area contributed by atoms with Crippen molar-refractivity contribution in [2.75, 3.05) is 5.32 Å². The summed E-state index contributed by atoms with van der Waals surface area (Å²) >= 11 is 0. The van der Waals surface area contributed by atoms with Crippen molar-refractivity contribution >= 4 is 17.4 Å². The highest BCUT2D eigenvalue weighted by atomic mass is 19.4. The standard InChI is InChI=1S/C17H13F4NO2/c1-9-6-7-11(17(19,20)21)8-14(9)22-16(24)13-5-3-4-12(10(2)23)15(13)18/h3-8H,1-2H3,(H,22,24). The van der Waals surface area contributed by atoms with Crippen LogP contribution in [0.25, 0.3) is 0 Å². The van der Waals surface area contributed by atoms with Gasteiger partial charge < -0.3 is 5.32 Å². The average Bonchev–Trinajstić information content (AvgIpc) is 2.48. The third-order valence-electron chi connectivity index (χ3n) is 3.44. The molecule has 0 saturated heterocycles. The molecule has 0 spiro atoms. The molecule has 2 aromatic rings. The van der Waals surface area contributed by atoms with Crippen molar-refractivity contribution in [3.05, 3.63) is 64.5 Å². The Morgan fingerprint density at radius 1 is 1.04 bits per heavy atom. The zero-order valence-electron chi connectivity index (χ0n) is 12.8. The van der Waals surface area contributed by atoms with Gasteiger partial charge in [0.2, 0.25) is 0 Å². The highest BCUT2D eigenvalue weighted by Gasteiger charge is 2.31. The lowest BCUT2D eigenvalue weighted by Crippen LogP contribution is -2.17. The molecular weight excluding hydrogens is 326 g/mol. The van der Waals surface area contributed by atoms with Crippen LogP contribution in [0.2, 0.25) is 0 Å². The summed E-state index contributed by atoms with van der Waals surface area (Å²) in [5, 5.41) is 2.26. The van der Waals surface area contributed by atoms with Gasteiger partial charge in [0.15, 0.2) is 5.78 Å². The number of alkyl halides is 3. The van der Waals surface area contributed by atoms with Crippen LogP contribution in [-0.4, -0.2) is 11.7 Å². The number of nitrogens with one attached hydrogen (secondary N) is 1. The molecule has 1 amide bonds. The summed E-state index contributed by atoms with van der Waals surface area (Å²) < 4.78 is 52.5. The van der Waals surface area contributed by atoms with E-state index in [2.05, 4.69) is 5.32 Å². The molecule has 0 aliphatic rings. The van der Waals surface area contributed by atoms with Crippen LogP contribution in [-0.2, 0) is 6.18 Å². The highest BCUT2D eigenvalue weighted by Crippen LogP contribution is 2.32. The summed E-state index contributed by atoms with van der Waals surface area (Å²) in [5.74, 6) is -2.50. The molecule has 0 aliphatic heterocycles. The SMILES string of the molecule is CC(=O)c1cccc(C(=O)Nc2cc(C(F)(F)F)ccc2C)c1F. The second-order valence-corrected chi connectivity index (χ2v) is 5.20. The number of carbonyl (C=O) groups is 2. The van der Waals surface area contributed by atoms with Crippen molar-refractivity contribution < 1.29 is 27.2 Å². The van der Waals surface area contributed by atoms with Gasteiger partial charge in [0, 0.05) is 5.69 Å². The normalized spacial score (nSPS) is 11.2. The van der Waals surface area contributed by atoms with Gasteiger partial charge >= 0.3 is 6.18 Å². The Bertz CT molecular complexity index is 813. The van der Waals surface area contributed by atoms with E-state index in [1.807, 2.05) is 0 Å². The number of hydrogen-bond acceptors (Lipinski definition) is 2. The highest BCUT2D eigenvalue weighted by molar-refractivity contribution is 6.06. The summed E-state index contributed by atoms with van der Waals surface area (Å²) in [7, 11) is 0. The van der Waals surface area contributed by atoms with Gasteiger partial charge in [0.25, 0.3) is 5.91 Å². The number of halogens is 4. The summed E-state index contributed by atoms with van der Waals surface area (Å²) in [5.41, 5.74) is -1.30. The lowest BCUT2D eigenvalue weighted by Gasteiger charge is -2.13. The number of carbonyl (C=O) groups excluding carboxylic acids is 2. The van der Waals surface area contributed by atoms with Gasteiger partial charge in [-0.05, 0) is 43.7 Å². The Morgan fingerprint density at radius 3 is 2.25 bits per heavy atom. The molecule has 0 fully saturated rings. The topological polar surface area (TPSA) is 46.2 Å². The average molecular weight is 339 g/mol. The number of hydrogen-bond donors (Lipinski definition) is 1. The van der Waals surface area contributed by atoms with E-state index < -0.39 is 34.8 Å². The van der Waals surface area contributed by atoms with Gasteiger partial charge in [-0.2, -0.15) is 13.2 Å². The smallest absolute Gasteiger partial charge is 0.322 e. The number of amides is 1. The molecule has 0 radical (unpaired) electrons. The van der Waals surface area contributed by atoms with Crippen molar-refractivity contribution in [3.8, 4) is 0 Å². The maximum Gasteiger partial charge on any atom is 0.416 e. The number of Topliss-reactive ketones (excluding diaryl/α,β-unsaturated/α-hetero) is 1. The van der Waals surface area contributed by atoms with Crippen LogP contribution < -0.4 is 5.32 Å². The third-order valence-corrected chi connectivity index (χ3v) is 3.44. The van der Waals surface area contributed by atoms with E-state index in [1.165, 1.54) is 25.1 Å². The van der Waals surface area contributed by atoms with E-state index in [0.29, 0.717) is 5.56 Å². The minimum atomic E-state index is -4.56. The zero-order chi connectivity index (χ0) is 18.1. The first-order valence-corrected chi connectivity index (χ1v) is 6.90. The Kier molecular flexibility index (Phi) is 4.73. The minimum absolute atomic E-state index is 0.0811. The van der Waals surface area contributed by atoms with Gasteiger partial charge in [-0.3, -0.25) is 9.59 Å². The molecule has 2 rings (SSSR count). The minimum Gasteiger partial charge on any atom is -0.322 e. The van der Waals surface area contributed by atoms with Crippen LogP contribution in [0, 0.1) is 12.7 Å². The van der Waals surface area contributed by atoms with Crippen LogP contribution in [0.3, 0.4) is 0 Å². The Balaban J connectivity index is 2.37. The van der Waals surface area contributed by atoms with Crippen LogP contribution in [0.5, 0.6) is 0 Å². The molecule has 2 aromatic carbocycles. The molecule has 7 heteroatoms. The number of rotatable bonds is 3. The van der Waals surface area contributed by atoms with Crippen molar-refractivity contribution in [2.45, 2.75) is 20.0 Å². The fourth-order valence-corrected chi connectivity index (χ4v) is 2.10. The predicted octanol–water partition coefficient (Wildman–Crippen LogP) is 4.61. The lowest BCUT2D eigenvalue weighted by molar-refractivity contribution is -0.137. The lowest BCUT2D eigenvalue weighted by atomic mass is 10.1. The van der Waals surface area contributed by atoms with Crippen LogP contribution >= 0.6 is 0 Å². The van der Waals surface area contributed by atoms with Crippen molar-refractivity contribution in [1.82, 2.24) is 0 Å². The Hall–Kier alpha value is -2.70. The maximum absolute atomic E-state index is 14.2. The fourth-order valence-electron chi connectivity index (χ4n) is 2.10. The molecule has 0 saturated carbocycles. The van der Waals surface area contributed by atoms with Gasteiger partial charge in [0.1, 0.15) is 5.82 Å². The van der Waals surface area contributed by atoms with E-state index in [0.717, 1.165) is 25.1 Å². The zero-order valence-corrected chi connectivity index (χ0v) is 12.8. The summed E-state index contributed by atoms with van der Waals surface area (Å²) in [6.45, 7) is 2.66. The van der Waals surface area contributed by atoms with Crippen molar-refractivity contribution in [1.29, 1.82) is 0 Å². The van der Waals surface area contributed by atoms with Crippen LogP contribution in [0.15, 0.2) is 36.4 Å². The van der Waals surface area contributed by atoms with E-state index in [9.17, 15) is 27.2 Å². The van der Waals surface area contributed by atoms with E-state index in [4.69, 9.17) is 0 Å². The monoisotopic (exact) mass is 339 g/mol. The van der Waals surface area contributed by atoms with E-state index in [-0.39, 0.29) is 11.3 Å². The molecule has 0 heterocycles. The number of ketones is 1. The summed E-state index contributed by atoms with van der Waals surface area (Å²) in [6.07, 6.45) is -4.56. The second kappa shape index (κ2) is 6.43. The number of anilines is 1. The van der Waals surface area contributed by atoms with E-state index in [1.54, 1.807) is 0 Å². The molecular formula is C17H13F4NO2. The quantitative estimate of drug-likeness (QED) is 0.656. The second-order valence-electron chi connectivity index (χ2n) is 5.20. The predicted molar refractivity (Wildman–Crippen MR) is 80.5 cm³/mol. The van der Waals surface area contributed by atoms with E-state index >= 15 is 0 Å². The van der Waals surface area contributed by atoms with Gasteiger partial charge in [-0.15, -0.1) is 0 Å². The van der Waals surface area contributed by atoms with Crippen molar-refractivity contribution in [2.24, 2.45) is 0 Å². The van der Waals surface area contributed by atoms with Crippen LogP contribution in [0.4, 0.5) is 23.2 Å². The fraction of sp³-hybridized carbons (Fsp3) is 0.176. The van der Waals surface area contributed by atoms with Gasteiger partial charge in [0.05, 0.1) is 16.7 Å². The number of aryl methyl sites for hydroxylation is 1. The molecule has 1 N–H and O–H groups in total.